The predicted molar refractivity (Wildman–Crippen MR) is 71.1 cm³/mol. The summed E-state index contributed by atoms with van der Waals surface area (Å²) >= 11 is 0. The molecule has 1 aromatic heterocycles. The number of hydrogen-bond donors (Lipinski definition) is 0. The monoisotopic (exact) mass is 247 g/mol. The van der Waals surface area contributed by atoms with Gasteiger partial charge in [-0.15, -0.1) is 0 Å². The molecule has 1 heterocycles. The Morgan fingerprint density at radius 1 is 1.33 bits per heavy atom. The highest BCUT2D eigenvalue weighted by molar-refractivity contribution is 5.83. The zero-order valence-corrected chi connectivity index (χ0v) is 11.0. The van der Waals surface area contributed by atoms with Crippen LogP contribution in [0.3, 0.4) is 0 Å². The molecule has 2 nitrogen and oxygen atoms in total. The van der Waals surface area contributed by atoms with Gasteiger partial charge in [0.05, 0.1) is 11.6 Å². The van der Waals surface area contributed by atoms with Crippen molar-refractivity contribution in [3.05, 3.63) is 41.3 Å². The molecule has 0 aliphatic carbocycles. The minimum absolute atomic E-state index is 0.0442. The van der Waals surface area contributed by atoms with E-state index in [1.165, 1.54) is 6.07 Å². The molecule has 0 amide bonds. The van der Waals surface area contributed by atoms with Gasteiger partial charge >= 0.3 is 0 Å². The largest absolute Gasteiger partial charge is 0.374 e. The molecule has 0 aliphatic heterocycles. The van der Waals surface area contributed by atoms with Crippen LogP contribution in [0.4, 0.5) is 4.39 Å². The van der Waals surface area contributed by atoms with Crippen molar-refractivity contribution in [3.63, 3.8) is 0 Å². The van der Waals surface area contributed by atoms with E-state index in [-0.39, 0.29) is 11.9 Å². The molecule has 0 radical (unpaired) electrons. The van der Waals surface area contributed by atoms with Crippen LogP contribution in [0, 0.1) is 5.82 Å². The lowest BCUT2D eigenvalue weighted by molar-refractivity contribution is 0.0768. The van der Waals surface area contributed by atoms with Crippen molar-refractivity contribution in [2.75, 3.05) is 6.61 Å². The zero-order chi connectivity index (χ0) is 13.1. The Hall–Kier alpha value is -1.48. The summed E-state index contributed by atoms with van der Waals surface area (Å²) in [5, 5.41) is 0.857. The molecule has 1 aromatic carbocycles. The number of fused-ring (bicyclic) bond motifs is 1. The Bertz CT molecular complexity index is 553. The van der Waals surface area contributed by atoms with E-state index in [4.69, 9.17) is 4.74 Å². The maximum absolute atomic E-state index is 13.4. The molecule has 96 valence electrons. The number of hydrogen-bond acceptors (Lipinski definition) is 2. The van der Waals surface area contributed by atoms with Gasteiger partial charge in [-0.3, -0.25) is 4.98 Å². The van der Waals surface area contributed by atoms with Crippen molar-refractivity contribution < 1.29 is 9.13 Å². The highest BCUT2D eigenvalue weighted by Gasteiger charge is 2.15. The lowest BCUT2D eigenvalue weighted by Crippen LogP contribution is -2.05. The Labute approximate surface area is 107 Å². The molecule has 18 heavy (non-hydrogen) atoms. The molecule has 0 N–H and O–H groups in total. The minimum atomic E-state index is -0.234. The maximum atomic E-state index is 13.4. The first-order valence-electron chi connectivity index (χ1n) is 6.36. The topological polar surface area (TPSA) is 22.1 Å². The lowest BCUT2D eigenvalue weighted by Gasteiger charge is -2.18. The Morgan fingerprint density at radius 3 is 2.78 bits per heavy atom. The van der Waals surface area contributed by atoms with Crippen LogP contribution >= 0.6 is 0 Å². The van der Waals surface area contributed by atoms with E-state index < -0.39 is 0 Å². The highest BCUT2D eigenvalue weighted by atomic mass is 19.1. The summed E-state index contributed by atoms with van der Waals surface area (Å²) < 4.78 is 19.1. The second kappa shape index (κ2) is 5.44. The van der Waals surface area contributed by atoms with Crippen molar-refractivity contribution in [1.29, 1.82) is 0 Å². The first kappa shape index (κ1) is 13.0. The summed E-state index contributed by atoms with van der Waals surface area (Å²) in [5.74, 6) is -0.234. The summed E-state index contributed by atoms with van der Waals surface area (Å²) in [6, 6.07) is 4.70. The minimum Gasteiger partial charge on any atom is -0.374 e. The van der Waals surface area contributed by atoms with Crippen LogP contribution in [0.15, 0.2) is 24.4 Å². The first-order valence-corrected chi connectivity index (χ1v) is 6.36. The number of ether oxygens (including phenoxy) is 1. The van der Waals surface area contributed by atoms with Gasteiger partial charge in [0, 0.05) is 18.2 Å². The molecule has 0 saturated carbocycles. The van der Waals surface area contributed by atoms with E-state index >= 15 is 0 Å². The summed E-state index contributed by atoms with van der Waals surface area (Å²) in [6.45, 7) is 6.68. The van der Waals surface area contributed by atoms with Gasteiger partial charge in [-0.1, -0.05) is 6.92 Å². The highest BCUT2D eigenvalue weighted by Crippen LogP contribution is 2.29. The Morgan fingerprint density at radius 2 is 2.11 bits per heavy atom. The van der Waals surface area contributed by atoms with E-state index in [1.54, 1.807) is 12.1 Å². The molecule has 2 aromatic rings. The van der Waals surface area contributed by atoms with E-state index in [1.807, 2.05) is 20.0 Å². The molecule has 0 fully saturated rings. The number of nitrogens with zero attached hydrogens (tertiary/aromatic N) is 1. The van der Waals surface area contributed by atoms with Gasteiger partial charge in [-0.25, -0.2) is 4.39 Å². The van der Waals surface area contributed by atoms with Crippen molar-refractivity contribution in [1.82, 2.24) is 4.98 Å². The molecule has 1 atom stereocenters. The second-order valence-corrected chi connectivity index (χ2v) is 4.31. The van der Waals surface area contributed by atoms with Crippen LogP contribution in [0.2, 0.25) is 0 Å². The van der Waals surface area contributed by atoms with Gasteiger partial charge in [0.2, 0.25) is 0 Å². The molecule has 1 unspecified atom stereocenters. The van der Waals surface area contributed by atoms with Crippen molar-refractivity contribution in [2.24, 2.45) is 0 Å². The molecular weight excluding hydrogens is 229 g/mol. The number of aryl methyl sites for hydroxylation is 1. The van der Waals surface area contributed by atoms with E-state index in [0.717, 1.165) is 28.5 Å². The van der Waals surface area contributed by atoms with Crippen LogP contribution in [-0.4, -0.2) is 11.6 Å². The number of benzene rings is 1. The zero-order valence-electron chi connectivity index (χ0n) is 11.0. The fourth-order valence-electron chi connectivity index (χ4n) is 2.32. The van der Waals surface area contributed by atoms with Crippen molar-refractivity contribution >= 4 is 10.9 Å². The molecule has 0 aliphatic rings. The first-order chi connectivity index (χ1) is 8.67. The van der Waals surface area contributed by atoms with Gasteiger partial charge in [0.1, 0.15) is 5.82 Å². The van der Waals surface area contributed by atoms with Gasteiger partial charge in [-0.2, -0.15) is 0 Å². The third kappa shape index (κ3) is 2.36. The summed E-state index contributed by atoms with van der Waals surface area (Å²) in [6.07, 6.45) is 2.69. The average molecular weight is 247 g/mol. The molecular formula is C15H18FNO. The fraction of sp³-hybridized carbons (Fsp3) is 0.400. The van der Waals surface area contributed by atoms with Crippen molar-refractivity contribution in [2.45, 2.75) is 33.3 Å². The number of rotatable bonds is 4. The van der Waals surface area contributed by atoms with Crippen molar-refractivity contribution in [3.8, 4) is 0 Å². The van der Waals surface area contributed by atoms with Crippen LogP contribution in [0.25, 0.3) is 10.9 Å². The normalized spacial score (nSPS) is 12.9. The smallest absolute Gasteiger partial charge is 0.123 e. The second-order valence-electron chi connectivity index (χ2n) is 4.31. The molecule has 0 spiro atoms. The lowest BCUT2D eigenvalue weighted by atomic mass is 9.98. The van der Waals surface area contributed by atoms with Crippen LogP contribution < -0.4 is 0 Å². The van der Waals surface area contributed by atoms with E-state index in [9.17, 15) is 4.39 Å². The Kier molecular flexibility index (Phi) is 3.92. The summed E-state index contributed by atoms with van der Waals surface area (Å²) in [4.78, 5) is 4.37. The SMILES string of the molecule is CCOC(C)c1c(CC)cnc2ccc(F)cc12. The summed E-state index contributed by atoms with van der Waals surface area (Å²) in [7, 11) is 0. The average Bonchev–Trinajstić information content (AvgIpc) is 2.37. The van der Waals surface area contributed by atoms with E-state index in [2.05, 4.69) is 11.9 Å². The third-order valence-electron chi connectivity index (χ3n) is 3.16. The van der Waals surface area contributed by atoms with Gasteiger partial charge < -0.3 is 4.74 Å². The van der Waals surface area contributed by atoms with Gasteiger partial charge in [-0.05, 0) is 49.6 Å². The molecule has 0 saturated heterocycles. The fourth-order valence-corrected chi connectivity index (χ4v) is 2.32. The number of aromatic nitrogens is 1. The van der Waals surface area contributed by atoms with Crippen LogP contribution in [0.5, 0.6) is 0 Å². The van der Waals surface area contributed by atoms with Crippen LogP contribution in [-0.2, 0) is 11.2 Å². The maximum Gasteiger partial charge on any atom is 0.123 e. The molecule has 3 heteroatoms. The van der Waals surface area contributed by atoms with Gasteiger partial charge in [0.25, 0.3) is 0 Å². The Balaban J connectivity index is 2.67. The number of pyridine rings is 1. The van der Waals surface area contributed by atoms with Crippen LogP contribution in [0.1, 0.15) is 38.0 Å². The number of halogens is 1. The quantitative estimate of drug-likeness (QED) is 0.813. The molecule has 2 rings (SSSR count). The third-order valence-corrected chi connectivity index (χ3v) is 3.16. The standard InChI is InChI=1S/C15H18FNO/c1-4-11-9-17-14-7-6-12(16)8-13(14)15(11)10(3)18-5-2/h6-10H,4-5H2,1-3H3. The molecule has 0 bridgehead atoms. The van der Waals surface area contributed by atoms with Gasteiger partial charge in [0.15, 0.2) is 0 Å². The summed E-state index contributed by atoms with van der Waals surface area (Å²) in [5.41, 5.74) is 2.99. The predicted octanol–water partition coefficient (Wildman–Crippen LogP) is 4.03. The van der Waals surface area contributed by atoms with E-state index in [0.29, 0.717) is 6.61 Å².